The molecule has 3 rings (SSSR count). The number of aromatic nitrogens is 2. The van der Waals surface area contributed by atoms with Gasteiger partial charge in [-0.15, -0.1) is 0 Å². The number of methoxy groups -OCH3 is 1. The Labute approximate surface area is 183 Å². The lowest BCUT2D eigenvalue weighted by molar-refractivity contribution is 0.262. The Morgan fingerprint density at radius 2 is 1.94 bits per heavy atom. The van der Waals surface area contributed by atoms with Crippen molar-refractivity contribution in [3.63, 3.8) is 0 Å². The van der Waals surface area contributed by atoms with Crippen LogP contribution in [0.25, 0.3) is 0 Å². The molecule has 0 spiro atoms. The summed E-state index contributed by atoms with van der Waals surface area (Å²) in [6, 6.07) is 7.84. The van der Waals surface area contributed by atoms with E-state index in [4.69, 9.17) is 15.2 Å². The molecule has 11 heteroatoms. The lowest BCUT2D eigenvalue weighted by Gasteiger charge is -2.13. The fraction of sp³-hybridized carbons (Fsp3) is 0.190. The summed E-state index contributed by atoms with van der Waals surface area (Å²) in [6.45, 7) is 0.981. The monoisotopic (exact) mass is 444 g/mol. The van der Waals surface area contributed by atoms with Gasteiger partial charge in [0, 0.05) is 30.8 Å². The minimum absolute atomic E-state index is 0.239. The smallest absolute Gasteiger partial charge is 0.324 e. The first-order valence-corrected chi connectivity index (χ1v) is 9.55. The summed E-state index contributed by atoms with van der Waals surface area (Å²) in [4.78, 5) is 19.9. The highest BCUT2D eigenvalue weighted by atomic mass is 19.1. The van der Waals surface area contributed by atoms with E-state index in [2.05, 4.69) is 25.9 Å². The number of ether oxygens (including phenoxy) is 2. The van der Waals surface area contributed by atoms with Crippen molar-refractivity contribution in [2.75, 3.05) is 36.6 Å². The molecule has 0 aliphatic heterocycles. The van der Waals surface area contributed by atoms with Crippen molar-refractivity contribution in [3.8, 4) is 11.5 Å². The second-order valence-electron chi connectivity index (χ2n) is 6.53. The van der Waals surface area contributed by atoms with Crippen LogP contribution in [-0.2, 0) is 6.54 Å². The fourth-order valence-corrected chi connectivity index (χ4v) is 2.67. The summed E-state index contributed by atoms with van der Waals surface area (Å²) in [7, 11) is 1.46. The number of hydrogen-bond donors (Lipinski definition) is 4. The van der Waals surface area contributed by atoms with Crippen LogP contribution in [0.5, 0.6) is 11.5 Å². The SMILES string of the molecule is COc1cc(OCCNCc2ccc(F)cc2F)ccc1NC(=O)Nc1cnc(N)cn1. The molecular formula is C21H22F2N6O3. The van der Waals surface area contributed by atoms with Crippen molar-refractivity contribution in [1.82, 2.24) is 15.3 Å². The Hall–Kier alpha value is -3.99. The van der Waals surface area contributed by atoms with E-state index in [0.717, 1.165) is 6.07 Å². The number of urea groups is 1. The van der Waals surface area contributed by atoms with Gasteiger partial charge >= 0.3 is 6.03 Å². The number of anilines is 3. The lowest BCUT2D eigenvalue weighted by atomic mass is 10.2. The van der Waals surface area contributed by atoms with Crippen LogP contribution in [0.4, 0.5) is 30.9 Å². The molecule has 32 heavy (non-hydrogen) atoms. The number of halogens is 2. The van der Waals surface area contributed by atoms with Gasteiger partial charge in [0.1, 0.15) is 35.6 Å². The van der Waals surface area contributed by atoms with Crippen LogP contribution >= 0.6 is 0 Å². The Kier molecular flexibility index (Phi) is 7.70. The Morgan fingerprint density at radius 3 is 2.66 bits per heavy atom. The van der Waals surface area contributed by atoms with Crippen LogP contribution in [0.15, 0.2) is 48.8 Å². The molecule has 1 aromatic heterocycles. The highest BCUT2D eigenvalue weighted by molar-refractivity contribution is 6.00. The van der Waals surface area contributed by atoms with Crippen LogP contribution in [0, 0.1) is 11.6 Å². The van der Waals surface area contributed by atoms with Gasteiger partial charge in [-0.3, -0.25) is 5.32 Å². The van der Waals surface area contributed by atoms with Crippen LogP contribution < -0.4 is 31.2 Å². The molecule has 3 aromatic rings. The third kappa shape index (κ3) is 6.51. The second kappa shape index (κ2) is 10.9. The number of nitrogens with two attached hydrogens (primary N) is 1. The molecule has 1 heterocycles. The van der Waals surface area contributed by atoms with Gasteiger partial charge in [-0.05, 0) is 18.2 Å². The van der Waals surface area contributed by atoms with E-state index in [1.165, 1.54) is 31.6 Å². The third-order valence-electron chi connectivity index (χ3n) is 4.21. The maximum atomic E-state index is 13.6. The summed E-state index contributed by atoms with van der Waals surface area (Å²) in [6.07, 6.45) is 2.66. The van der Waals surface area contributed by atoms with E-state index in [9.17, 15) is 13.6 Å². The Bertz CT molecular complexity index is 1070. The number of nitrogens with one attached hydrogen (secondary N) is 3. The van der Waals surface area contributed by atoms with Gasteiger partial charge in [-0.2, -0.15) is 0 Å². The first-order valence-electron chi connectivity index (χ1n) is 9.55. The van der Waals surface area contributed by atoms with Gasteiger partial charge in [-0.1, -0.05) is 6.07 Å². The van der Waals surface area contributed by atoms with E-state index in [0.29, 0.717) is 35.9 Å². The van der Waals surface area contributed by atoms with Gasteiger partial charge in [0.2, 0.25) is 0 Å². The normalized spacial score (nSPS) is 10.5. The number of amides is 2. The quantitative estimate of drug-likeness (QED) is 0.374. The van der Waals surface area contributed by atoms with E-state index in [1.54, 1.807) is 18.2 Å². The predicted molar refractivity (Wildman–Crippen MR) is 116 cm³/mol. The molecule has 0 radical (unpaired) electrons. The van der Waals surface area contributed by atoms with Gasteiger partial charge in [-0.25, -0.2) is 23.5 Å². The lowest BCUT2D eigenvalue weighted by Crippen LogP contribution is -2.21. The summed E-state index contributed by atoms with van der Waals surface area (Å²) in [5.74, 6) is 0.181. The molecule has 0 bridgehead atoms. The first kappa shape index (κ1) is 22.7. The van der Waals surface area contributed by atoms with Gasteiger partial charge in [0.25, 0.3) is 0 Å². The molecule has 0 aliphatic rings. The zero-order valence-electron chi connectivity index (χ0n) is 17.2. The van der Waals surface area contributed by atoms with Crippen LogP contribution in [-0.4, -0.2) is 36.3 Å². The summed E-state index contributed by atoms with van der Waals surface area (Å²) >= 11 is 0. The summed E-state index contributed by atoms with van der Waals surface area (Å²) in [5.41, 5.74) is 6.25. The maximum absolute atomic E-state index is 13.6. The Balaban J connectivity index is 1.47. The molecule has 0 aliphatic carbocycles. The van der Waals surface area contributed by atoms with E-state index < -0.39 is 17.7 Å². The minimum atomic E-state index is -0.613. The van der Waals surface area contributed by atoms with Crippen molar-refractivity contribution in [2.24, 2.45) is 0 Å². The molecule has 0 saturated heterocycles. The number of nitrogen functional groups attached to an aromatic ring is 1. The van der Waals surface area contributed by atoms with Crippen molar-refractivity contribution >= 4 is 23.4 Å². The fourth-order valence-electron chi connectivity index (χ4n) is 2.67. The number of rotatable bonds is 9. The maximum Gasteiger partial charge on any atom is 0.324 e. The standard InChI is InChI=1S/C21H22F2N6O3/c1-31-18-9-15(32-7-6-25-10-13-2-3-14(22)8-16(13)23)4-5-17(18)28-21(30)29-20-12-26-19(24)11-27-20/h2-5,8-9,11-12,25H,6-7,10H2,1H3,(H2,24,26)(H2,27,28,29,30). The van der Waals surface area contributed by atoms with Crippen molar-refractivity contribution in [3.05, 3.63) is 66.0 Å². The predicted octanol–water partition coefficient (Wildman–Crippen LogP) is 3.16. The highest BCUT2D eigenvalue weighted by Crippen LogP contribution is 2.29. The molecule has 0 saturated carbocycles. The van der Waals surface area contributed by atoms with Gasteiger partial charge in [0.15, 0.2) is 5.82 Å². The first-order chi connectivity index (χ1) is 15.4. The molecule has 9 nitrogen and oxygen atoms in total. The minimum Gasteiger partial charge on any atom is -0.494 e. The van der Waals surface area contributed by atoms with Crippen LogP contribution in [0.1, 0.15) is 5.56 Å². The summed E-state index contributed by atoms with van der Waals surface area (Å²) < 4.78 is 37.5. The highest BCUT2D eigenvalue weighted by Gasteiger charge is 2.10. The topological polar surface area (TPSA) is 123 Å². The van der Waals surface area contributed by atoms with E-state index in [1.807, 2.05) is 0 Å². The van der Waals surface area contributed by atoms with Crippen molar-refractivity contribution < 1.29 is 23.0 Å². The summed E-state index contributed by atoms with van der Waals surface area (Å²) in [5, 5.41) is 8.20. The Morgan fingerprint density at radius 1 is 1.09 bits per heavy atom. The number of nitrogens with zero attached hydrogens (tertiary/aromatic N) is 2. The van der Waals surface area contributed by atoms with Crippen molar-refractivity contribution in [2.45, 2.75) is 6.54 Å². The average Bonchev–Trinajstić information content (AvgIpc) is 2.77. The van der Waals surface area contributed by atoms with E-state index in [-0.39, 0.29) is 18.2 Å². The number of carbonyl (C=O) groups is 1. The molecule has 5 N–H and O–H groups in total. The van der Waals surface area contributed by atoms with Gasteiger partial charge in [0.05, 0.1) is 25.2 Å². The van der Waals surface area contributed by atoms with Crippen LogP contribution in [0.2, 0.25) is 0 Å². The van der Waals surface area contributed by atoms with Gasteiger partial charge < -0.3 is 25.8 Å². The largest absolute Gasteiger partial charge is 0.494 e. The van der Waals surface area contributed by atoms with Crippen LogP contribution in [0.3, 0.4) is 0 Å². The zero-order chi connectivity index (χ0) is 22.9. The third-order valence-corrected chi connectivity index (χ3v) is 4.21. The second-order valence-corrected chi connectivity index (χ2v) is 6.53. The zero-order valence-corrected chi connectivity index (χ0v) is 17.2. The molecule has 2 amide bonds. The average molecular weight is 444 g/mol. The molecule has 0 fully saturated rings. The number of benzene rings is 2. The molecule has 0 unspecified atom stereocenters. The molecule has 0 atom stereocenters. The van der Waals surface area contributed by atoms with Crippen molar-refractivity contribution in [1.29, 1.82) is 0 Å². The molecule has 168 valence electrons. The number of carbonyl (C=O) groups excluding carboxylic acids is 1. The number of hydrogen-bond acceptors (Lipinski definition) is 7. The molecular weight excluding hydrogens is 422 g/mol. The molecule has 2 aromatic carbocycles. The van der Waals surface area contributed by atoms with E-state index >= 15 is 0 Å².